The molecule has 0 aromatic heterocycles. The van der Waals surface area contributed by atoms with Crippen LogP contribution in [-0.2, 0) is 24.7 Å². The fourth-order valence-corrected chi connectivity index (χ4v) is 3.06. The van der Waals surface area contributed by atoms with E-state index < -0.39 is 24.1 Å². The van der Waals surface area contributed by atoms with Gasteiger partial charge in [0.05, 0.1) is 0 Å². The summed E-state index contributed by atoms with van der Waals surface area (Å²) in [5, 5.41) is 17.0. The molecule has 0 saturated carbocycles. The monoisotopic (exact) mass is 408 g/mol. The van der Waals surface area contributed by atoms with Crippen LogP contribution in [0.4, 0.5) is 0 Å². The number of hydrogen-bond acceptors (Lipinski definition) is 4. The van der Waals surface area contributed by atoms with E-state index in [1.165, 1.54) is 7.11 Å². The molecular weight excluding hydrogens is 384 g/mol. The van der Waals surface area contributed by atoms with Crippen LogP contribution in [0, 0.1) is 0 Å². The highest BCUT2D eigenvalue weighted by atomic mass is 16.5. The zero-order chi connectivity index (χ0) is 21.8. The van der Waals surface area contributed by atoms with Crippen molar-refractivity contribution in [3.05, 3.63) is 108 Å². The summed E-state index contributed by atoms with van der Waals surface area (Å²) in [5.74, 6) is -1.93. The molecule has 6 nitrogen and oxygen atoms in total. The quantitative estimate of drug-likeness (QED) is 0.551. The Morgan fingerprint density at radius 2 is 1.00 bits per heavy atom. The second kappa shape index (κ2) is 11.5. The lowest BCUT2D eigenvalue weighted by Gasteiger charge is -2.35. The summed E-state index contributed by atoms with van der Waals surface area (Å²) in [6, 6.07) is 29.1. The van der Waals surface area contributed by atoms with Crippen LogP contribution < -0.4 is 0 Å². The number of carbonyl (C=O) groups is 2. The molecule has 0 unspecified atom stereocenters. The van der Waals surface area contributed by atoms with E-state index in [-0.39, 0.29) is 6.61 Å². The number of carboxylic acid groups (broad SMARTS) is 2. The molecule has 0 aliphatic carbocycles. The van der Waals surface area contributed by atoms with Crippen molar-refractivity contribution in [2.24, 2.45) is 0 Å². The van der Waals surface area contributed by atoms with Gasteiger partial charge in [-0.05, 0) is 16.7 Å². The maximum atomic E-state index is 11.2. The molecule has 3 aromatic carbocycles. The van der Waals surface area contributed by atoms with E-state index in [0.29, 0.717) is 0 Å². The van der Waals surface area contributed by atoms with Crippen molar-refractivity contribution in [1.82, 2.24) is 0 Å². The van der Waals surface area contributed by atoms with Gasteiger partial charge in [0.1, 0.15) is 18.8 Å². The molecule has 3 rings (SSSR count). The van der Waals surface area contributed by atoms with Gasteiger partial charge in [-0.3, -0.25) is 0 Å². The summed E-state index contributed by atoms with van der Waals surface area (Å²) >= 11 is 0. The number of methoxy groups -OCH3 is 1. The Bertz CT molecular complexity index is 814. The Hall–Kier alpha value is -3.48. The molecule has 0 aliphatic heterocycles. The van der Waals surface area contributed by atoms with Gasteiger partial charge in [-0.15, -0.1) is 0 Å². The lowest BCUT2D eigenvalue weighted by atomic mass is 9.80. The smallest absolute Gasteiger partial charge is 0.329 e. The van der Waals surface area contributed by atoms with Gasteiger partial charge in [0.2, 0.25) is 0 Å². The first-order chi connectivity index (χ1) is 14.5. The number of carboxylic acids is 2. The van der Waals surface area contributed by atoms with Crippen molar-refractivity contribution in [2.45, 2.75) is 5.60 Å². The van der Waals surface area contributed by atoms with Gasteiger partial charge >= 0.3 is 11.9 Å². The molecule has 0 heterocycles. The van der Waals surface area contributed by atoms with Gasteiger partial charge < -0.3 is 19.7 Å². The molecule has 0 spiro atoms. The minimum Gasteiger partial charge on any atom is -0.480 e. The highest BCUT2D eigenvalue weighted by Gasteiger charge is 2.37. The van der Waals surface area contributed by atoms with Crippen molar-refractivity contribution in [3.8, 4) is 0 Å². The zero-order valence-corrected chi connectivity index (χ0v) is 16.6. The molecule has 0 bridgehead atoms. The van der Waals surface area contributed by atoms with Gasteiger partial charge in [-0.2, -0.15) is 0 Å². The van der Waals surface area contributed by atoms with Crippen LogP contribution in [0.3, 0.4) is 0 Å². The van der Waals surface area contributed by atoms with E-state index in [1.807, 2.05) is 91.0 Å². The lowest BCUT2D eigenvalue weighted by molar-refractivity contribution is -0.146. The predicted molar refractivity (Wildman–Crippen MR) is 112 cm³/mol. The minimum absolute atomic E-state index is 0.208. The zero-order valence-electron chi connectivity index (χ0n) is 16.6. The van der Waals surface area contributed by atoms with Gasteiger partial charge in [0.15, 0.2) is 0 Å². The molecule has 3 aromatic rings. The Kier molecular flexibility index (Phi) is 8.75. The highest BCUT2D eigenvalue weighted by molar-refractivity contribution is 5.68. The molecule has 0 saturated heterocycles. The number of benzene rings is 3. The van der Waals surface area contributed by atoms with E-state index in [9.17, 15) is 14.7 Å². The third-order valence-electron chi connectivity index (χ3n) is 4.22. The summed E-state index contributed by atoms with van der Waals surface area (Å²) in [7, 11) is 1.34. The normalized spacial score (nSPS) is 10.6. The molecule has 30 heavy (non-hydrogen) atoms. The van der Waals surface area contributed by atoms with Crippen LogP contribution in [0.2, 0.25) is 0 Å². The number of ether oxygens (including phenoxy) is 2. The molecule has 0 radical (unpaired) electrons. The first-order valence-corrected chi connectivity index (χ1v) is 9.23. The first kappa shape index (κ1) is 22.8. The number of aliphatic carboxylic acids is 2. The lowest BCUT2D eigenvalue weighted by Crippen LogP contribution is -2.34. The Labute approximate surface area is 175 Å². The van der Waals surface area contributed by atoms with Crippen LogP contribution in [0.25, 0.3) is 0 Å². The van der Waals surface area contributed by atoms with Crippen LogP contribution in [0.15, 0.2) is 91.0 Å². The highest BCUT2D eigenvalue weighted by Crippen LogP contribution is 2.40. The molecule has 6 heteroatoms. The Morgan fingerprint density at radius 3 is 1.23 bits per heavy atom. The third-order valence-corrected chi connectivity index (χ3v) is 4.22. The summed E-state index contributed by atoms with van der Waals surface area (Å²) in [5.41, 5.74) is 1.71. The van der Waals surface area contributed by atoms with Crippen molar-refractivity contribution in [2.75, 3.05) is 20.3 Å². The van der Waals surface area contributed by atoms with E-state index in [4.69, 9.17) is 9.84 Å². The summed E-state index contributed by atoms with van der Waals surface area (Å²) in [4.78, 5) is 20.7. The molecule has 0 atom stereocenters. The van der Waals surface area contributed by atoms with Crippen molar-refractivity contribution < 1.29 is 29.3 Å². The maximum absolute atomic E-state index is 11.2. The Morgan fingerprint density at radius 1 is 0.667 bits per heavy atom. The fraction of sp³-hybridized carbons (Fsp3) is 0.167. The van der Waals surface area contributed by atoms with Crippen LogP contribution >= 0.6 is 0 Å². The first-order valence-electron chi connectivity index (χ1n) is 9.23. The minimum atomic E-state index is -0.998. The van der Waals surface area contributed by atoms with E-state index in [2.05, 4.69) is 4.74 Å². The average Bonchev–Trinajstić information content (AvgIpc) is 2.77. The second-order valence-electron chi connectivity index (χ2n) is 6.29. The molecule has 0 aliphatic rings. The fourth-order valence-electron chi connectivity index (χ4n) is 3.06. The van der Waals surface area contributed by atoms with E-state index in [1.54, 1.807) is 0 Å². The van der Waals surface area contributed by atoms with Gasteiger partial charge in [0.25, 0.3) is 0 Å². The van der Waals surface area contributed by atoms with Crippen molar-refractivity contribution in [3.63, 3.8) is 0 Å². The average molecular weight is 408 g/mol. The molecule has 0 fully saturated rings. The largest absolute Gasteiger partial charge is 0.480 e. The molecule has 2 N–H and O–H groups in total. The van der Waals surface area contributed by atoms with Crippen LogP contribution in [0.5, 0.6) is 0 Å². The van der Waals surface area contributed by atoms with E-state index in [0.717, 1.165) is 16.7 Å². The van der Waals surface area contributed by atoms with Gasteiger partial charge in [-0.25, -0.2) is 9.59 Å². The number of hydrogen-bond donors (Lipinski definition) is 2. The standard InChI is InChI=1S/C21H18O3.C3H6O3/c22-20(23)16-24-21(17-10-4-1-5-11-17,18-12-6-2-7-13-18)19-14-8-3-9-15-19;1-6-2-3(4)5/h1-15H,16H2,(H,22,23);2H2,1H3,(H,4,5). The van der Waals surface area contributed by atoms with Crippen LogP contribution in [0.1, 0.15) is 16.7 Å². The van der Waals surface area contributed by atoms with Crippen LogP contribution in [-0.4, -0.2) is 42.5 Å². The predicted octanol–water partition coefficient (Wildman–Crippen LogP) is 3.80. The van der Waals surface area contributed by atoms with Gasteiger partial charge in [0, 0.05) is 7.11 Å². The molecular formula is C24H24O6. The third kappa shape index (κ3) is 6.01. The molecule has 0 amide bonds. The second-order valence-corrected chi connectivity index (χ2v) is 6.29. The summed E-state index contributed by atoms with van der Waals surface area (Å²) in [6.07, 6.45) is 0. The van der Waals surface area contributed by atoms with Gasteiger partial charge in [-0.1, -0.05) is 91.0 Å². The van der Waals surface area contributed by atoms with E-state index >= 15 is 0 Å². The van der Waals surface area contributed by atoms with Crippen molar-refractivity contribution >= 4 is 11.9 Å². The maximum Gasteiger partial charge on any atom is 0.329 e. The van der Waals surface area contributed by atoms with Crippen molar-refractivity contribution in [1.29, 1.82) is 0 Å². The SMILES string of the molecule is COCC(=O)O.O=C(O)COC(c1ccccc1)(c1ccccc1)c1ccccc1. The number of rotatable bonds is 8. The summed E-state index contributed by atoms with van der Waals surface area (Å²) in [6.45, 7) is -0.599. The Balaban J connectivity index is 0.000000469. The summed E-state index contributed by atoms with van der Waals surface area (Å²) < 4.78 is 10.3. The topological polar surface area (TPSA) is 93.1 Å². The molecule has 156 valence electrons.